The van der Waals surface area contributed by atoms with Crippen molar-refractivity contribution in [2.45, 2.75) is 106 Å². The van der Waals surface area contributed by atoms with Gasteiger partial charge in [-0.1, -0.05) is 66.2 Å². The Labute approximate surface area is 216 Å². The Morgan fingerprint density at radius 1 is 1.08 bits per heavy atom. The van der Waals surface area contributed by atoms with Gasteiger partial charge in [-0.3, -0.25) is 14.4 Å². The largest absolute Gasteiger partial charge is 0.481 e. The van der Waals surface area contributed by atoms with Gasteiger partial charge in [0.15, 0.2) is 5.78 Å². The minimum absolute atomic E-state index is 0.0126. The molecule has 5 nitrogen and oxygen atoms in total. The van der Waals surface area contributed by atoms with E-state index in [1.54, 1.807) is 0 Å². The molecule has 2 fully saturated rings. The van der Waals surface area contributed by atoms with Gasteiger partial charge in [0.1, 0.15) is 5.78 Å². The molecule has 200 valence electrons. The van der Waals surface area contributed by atoms with Crippen LogP contribution in [0.4, 0.5) is 0 Å². The van der Waals surface area contributed by atoms with Gasteiger partial charge in [-0.15, -0.1) is 0 Å². The summed E-state index contributed by atoms with van der Waals surface area (Å²) in [6.45, 7) is 18.8. The molecule has 2 N–H and O–H groups in total. The Morgan fingerprint density at radius 3 is 2.31 bits per heavy atom. The third-order valence-electron chi connectivity index (χ3n) is 11.7. The van der Waals surface area contributed by atoms with Gasteiger partial charge < -0.3 is 10.2 Å². The molecule has 0 saturated heterocycles. The van der Waals surface area contributed by atoms with Crippen LogP contribution in [0.2, 0.25) is 0 Å². The van der Waals surface area contributed by atoms with Gasteiger partial charge in [0.25, 0.3) is 0 Å². The number of fused-ring (bicyclic) bond motifs is 4. The number of allylic oxidation sites excluding steroid dienone is 3. The molecule has 4 aliphatic rings. The zero-order valence-corrected chi connectivity index (χ0v) is 23.4. The SMILES string of the molecule is C=C(CCC(C(=O)O)C1C(O)CC2(C)C3=C(CCC12C)C1(C)CCC(=O)C(C)(C)C1CC3=O)C(C)C. The van der Waals surface area contributed by atoms with Crippen molar-refractivity contribution >= 4 is 17.5 Å². The average Bonchev–Trinajstić information content (AvgIpc) is 2.98. The maximum atomic E-state index is 13.9. The predicted molar refractivity (Wildman–Crippen MR) is 140 cm³/mol. The number of aliphatic hydroxyl groups is 1. The smallest absolute Gasteiger partial charge is 0.306 e. The van der Waals surface area contributed by atoms with E-state index in [1.807, 2.05) is 13.8 Å². The van der Waals surface area contributed by atoms with Gasteiger partial charge >= 0.3 is 5.97 Å². The van der Waals surface area contributed by atoms with Gasteiger partial charge in [0.05, 0.1) is 12.0 Å². The highest BCUT2D eigenvalue weighted by molar-refractivity contribution is 6.01. The summed E-state index contributed by atoms with van der Waals surface area (Å²) in [7, 11) is 0. The molecule has 4 rings (SSSR count). The maximum absolute atomic E-state index is 13.9. The number of hydrogen-bond donors (Lipinski definition) is 2. The van der Waals surface area contributed by atoms with Crippen molar-refractivity contribution < 1.29 is 24.6 Å². The molecular formula is C31H46O5. The number of ketones is 2. The van der Waals surface area contributed by atoms with Crippen molar-refractivity contribution in [3.05, 3.63) is 23.3 Å². The molecule has 0 spiro atoms. The van der Waals surface area contributed by atoms with E-state index in [4.69, 9.17) is 0 Å². The zero-order valence-electron chi connectivity index (χ0n) is 23.4. The first kappa shape index (κ1) is 27.3. The number of carboxylic acid groups (broad SMARTS) is 1. The number of carboxylic acids is 1. The molecule has 5 heteroatoms. The lowest BCUT2D eigenvalue weighted by Crippen LogP contribution is -2.56. The van der Waals surface area contributed by atoms with Gasteiger partial charge in [-0.2, -0.15) is 0 Å². The lowest BCUT2D eigenvalue weighted by atomic mass is 9.43. The molecule has 0 aromatic rings. The van der Waals surface area contributed by atoms with Crippen molar-refractivity contribution in [1.29, 1.82) is 0 Å². The summed E-state index contributed by atoms with van der Waals surface area (Å²) in [5, 5.41) is 21.8. The highest BCUT2D eigenvalue weighted by Gasteiger charge is 2.68. The van der Waals surface area contributed by atoms with Crippen LogP contribution in [0.3, 0.4) is 0 Å². The fraction of sp³-hybridized carbons (Fsp3) is 0.774. The molecule has 7 atom stereocenters. The first-order valence-electron chi connectivity index (χ1n) is 13.9. The Bertz CT molecular complexity index is 1030. The van der Waals surface area contributed by atoms with Gasteiger partial charge in [-0.25, -0.2) is 0 Å². The second kappa shape index (κ2) is 8.64. The number of carbonyl (C=O) groups excluding carboxylic acids is 2. The number of rotatable bonds is 6. The highest BCUT2D eigenvalue weighted by Crippen LogP contribution is 2.71. The molecule has 0 heterocycles. The number of aliphatic hydroxyl groups excluding tert-OH is 1. The molecule has 0 aliphatic heterocycles. The van der Waals surface area contributed by atoms with Crippen molar-refractivity contribution in [3.8, 4) is 0 Å². The molecule has 0 radical (unpaired) electrons. The average molecular weight is 499 g/mol. The normalized spacial score (nSPS) is 40.5. The summed E-state index contributed by atoms with van der Waals surface area (Å²) in [6.07, 6.45) is 3.86. The van der Waals surface area contributed by atoms with E-state index < -0.39 is 40.2 Å². The van der Waals surface area contributed by atoms with Crippen LogP contribution in [0.1, 0.15) is 99.8 Å². The number of Topliss-reactive ketones (excluding diaryl/α,β-unsaturated/α-hetero) is 2. The molecule has 0 aromatic heterocycles. The van der Waals surface area contributed by atoms with E-state index in [0.717, 1.165) is 30.4 Å². The summed E-state index contributed by atoms with van der Waals surface area (Å²) in [5.41, 5.74) is 1.26. The number of aliphatic carboxylic acids is 1. The standard InChI is InChI=1S/C31H46O5/c1-17(2)18(3)9-10-19(27(35)36)25-22(33)16-31(8)26-20(11-14-30(25,31)7)29(6)13-12-24(34)28(4,5)23(29)15-21(26)32/h17,19,22-23,25,33H,3,9-16H2,1-2,4-8H3,(H,35,36). The van der Waals surface area contributed by atoms with Crippen LogP contribution in [-0.4, -0.2) is 33.9 Å². The van der Waals surface area contributed by atoms with Crippen LogP contribution in [-0.2, 0) is 14.4 Å². The third kappa shape index (κ3) is 3.62. The van der Waals surface area contributed by atoms with E-state index in [9.17, 15) is 24.6 Å². The van der Waals surface area contributed by atoms with Gasteiger partial charge in [0.2, 0.25) is 0 Å². The van der Waals surface area contributed by atoms with E-state index in [1.165, 1.54) is 5.57 Å². The Hall–Kier alpha value is -1.75. The van der Waals surface area contributed by atoms with Crippen LogP contribution < -0.4 is 0 Å². The molecule has 36 heavy (non-hydrogen) atoms. The number of carbonyl (C=O) groups is 3. The Morgan fingerprint density at radius 2 is 1.72 bits per heavy atom. The summed E-state index contributed by atoms with van der Waals surface area (Å²) in [5.74, 6) is -1.34. The minimum Gasteiger partial charge on any atom is -0.481 e. The molecule has 4 aliphatic carbocycles. The van der Waals surface area contributed by atoms with Crippen LogP contribution in [0.15, 0.2) is 23.3 Å². The summed E-state index contributed by atoms with van der Waals surface area (Å²) >= 11 is 0. The molecular weight excluding hydrogens is 452 g/mol. The molecule has 0 bridgehead atoms. The van der Waals surface area contributed by atoms with E-state index >= 15 is 0 Å². The van der Waals surface area contributed by atoms with E-state index in [2.05, 4.69) is 41.2 Å². The first-order valence-corrected chi connectivity index (χ1v) is 13.9. The van der Waals surface area contributed by atoms with E-state index in [0.29, 0.717) is 32.1 Å². The topological polar surface area (TPSA) is 91.7 Å². The van der Waals surface area contributed by atoms with Crippen LogP contribution in [0.25, 0.3) is 0 Å². The summed E-state index contributed by atoms with van der Waals surface area (Å²) in [4.78, 5) is 39.3. The third-order valence-corrected chi connectivity index (χ3v) is 11.7. The quantitative estimate of drug-likeness (QED) is 0.429. The molecule has 0 aromatic carbocycles. The first-order chi connectivity index (χ1) is 16.5. The second-order valence-electron chi connectivity index (χ2n) is 13.9. The lowest BCUT2D eigenvalue weighted by molar-refractivity contribution is -0.149. The lowest BCUT2D eigenvalue weighted by Gasteiger charge is -2.59. The van der Waals surface area contributed by atoms with Crippen molar-refractivity contribution in [1.82, 2.24) is 0 Å². The Balaban J connectivity index is 1.77. The fourth-order valence-corrected chi connectivity index (χ4v) is 9.08. The monoisotopic (exact) mass is 498 g/mol. The predicted octanol–water partition coefficient (Wildman–Crippen LogP) is 6.15. The van der Waals surface area contributed by atoms with Crippen LogP contribution >= 0.6 is 0 Å². The number of hydrogen-bond acceptors (Lipinski definition) is 4. The van der Waals surface area contributed by atoms with Crippen molar-refractivity contribution in [2.24, 2.45) is 45.3 Å². The van der Waals surface area contributed by atoms with Crippen molar-refractivity contribution in [2.75, 3.05) is 0 Å². The Kier molecular flexibility index (Phi) is 6.55. The van der Waals surface area contributed by atoms with Gasteiger partial charge in [-0.05, 0) is 61.2 Å². The molecule has 0 amide bonds. The van der Waals surface area contributed by atoms with Crippen LogP contribution in [0.5, 0.6) is 0 Å². The van der Waals surface area contributed by atoms with Gasteiger partial charge in [0, 0.05) is 35.2 Å². The second-order valence-corrected chi connectivity index (χ2v) is 13.9. The van der Waals surface area contributed by atoms with E-state index in [-0.39, 0.29) is 28.8 Å². The van der Waals surface area contributed by atoms with Crippen LogP contribution in [0, 0.1) is 45.3 Å². The zero-order chi connectivity index (χ0) is 27.0. The maximum Gasteiger partial charge on any atom is 0.306 e. The minimum atomic E-state index is -0.865. The fourth-order valence-electron chi connectivity index (χ4n) is 9.08. The summed E-state index contributed by atoms with van der Waals surface area (Å²) in [6, 6.07) is 0. The molecule has 7 unspecified atom stereocenters. The highest BCUT2D eigenvalue weighted by atomic mass is 16.4. The molecule has 2 saturated carbocycles. The summed E-state index contributed by atoms with van der Waals surface area (Å²) < 4.78 is 0. The van der Waals surface area contributed by atoms with Crippen molar-refractivity contribution in [3.63, 3.8) is 0 Å².